The van der Waals surface area contributed by atoms with Crippen LogP contribution in [0.2, 0.25) is 0 Å². The predicted molar refractivity (Wildman–Crippen MR) is 50.6 cm³/mol. The van der Waals surface area contributed by atoms with Crippen molar-refractivity contribution in [3.63, 3.8) is 0 Å². The molecule has 3 heteroatoms. The van der Waals surface area contributed by atoms with Crippen molar-refractivity contribution >= 4 is 5.91 Å². The number of hydrogen-bond acceptors (Lipinski definition) is 2. The van der Waals surface area contributed by atoms with Crippen LogP contribution >= 0.6 is 0 Å². The fourth-order valence-electron chi connectivity index (χ4n) is 0.960. The molecule has 1 unspecified atom stereocenters. The van der Waals surface area contributed by atoms with Crippen molar-refractivity contribution in [2.24, 2.45) is 0 Å². The van der Waals surface area contributed by atoms with Crippen molar-refractivity contribution in [2.45, 2.75) is 13.0 Å². The van der Waals surface area contributed by atoms with E-state index < -0.39 is 6.10 Å². The molecular weight excluding hydrogens is 166 g/mol. The Labute approximate surface area is 77.7 Å². The van der Waals surface area contributed by atoms with Gasteiger partial charge in [-0.15, -0.1) is 0 Å². The Hall–Kier alpha value is -1.51. The quantitative estimate of drug-likeness (QED) is 0.757. The number of carbonyl (C=O) groups is 1. The van der Waals surface area contributed by atoms with E-state index in [1.807, 2.05) is 30.3 Å². The number of para-hydroxylation sites is 1. The molecule has 1 aromatic carbocycles. The summed E-state index contributed by atoms with van der Waals surface area (Å²) in [5, 5.41) is 2.52. The normalized spacial score (nSPS) is 11.8. The summed E-state index contributed by atoms with van der Waals surface area (Å²) in [4.78, 5) is 11.1. The maximum absolute atomic E-state index is 11.1. The molecule has 0 aliphatic rings. The summed E-state index contributed by atoms with van der Waals surface area (Å²) < 4.78 is 5.35. The van der Waals surface area contributed by atoms with Gasteiger partial charge in [0.25, 0.3) is 5.91 Å². The lowest BCUT2D eigenvalue weighted by Gasteiger charge is -2.12. The highest BCUT2D eigenvalue weighted by molar-refractivity contribution is 5.80. The lowest BCUT2D eigenvalue weighted by Crippen LogP contribution is -2.33. The lowest BCUT2D eigenvalue weighted by molar-refractivity contribution is -0.126. The SMILES string of the molecule is CNC(=O)C(C)Oc1ccccc1. The van der Waals surface area contributed by atoms with Crippen molar-refractivity contribution in [2.75, 3.05) is 7.05 Å². The Bertz CT molecular complexity index is 272. The van der Waals surface area contributed by atoms with Crippen LogP contribution in [0.15, 0.2) is 30.3 Å². The minimum absolute atomic E-state index is 0.121. The van der Waals surface area contributed by atoms with Crippen LogP contribution in [0.4, 0.5) is 0 Å². The van der Waals surface area contributed by atoms with Gasteiger partial charge in [0, 0.05) is 7.05 Å². The smallest absolute Gasteiger partial charge is 0.260 e. The molecule has 0 radical (unpaired) electrons. The van der Waals surface area contributed by atoms with E-state index in [1.54, 1.807) is 14.0 Å². The van der Waals surface area contributed by atoms with Crippen LogP contribution in [-0.2, 0) is 4.79 Å². The molecule has 0 aliphatic heterocycles. The van der Waals surface area contributed by atoms with Gasteiger partial charge in [0.2, 0.25) is 0 Å². The molecule has 0 saturated carbocycles. The average Bonchev–Trinajstić information content (AvgIpc) is 2.18. The fraction of sp³-hybridized carbons (Fsp3) is 0.300. The first-order valence-corrected chi connectivity index (χ1v) is 4.17. The molecule has 1 N–H and O–H groups in total. The highest BCUT2D eigenvalue weighted by Crippen LogP contribution is 2.10. The van der Waals surface area contributed by atoms with Crippen molar-refractivity contribution < 1.29 is 9.53 Å². The summed E-state index contributed by atoms with van der Waals surface area (Å²) in [6, 6.07) is 9.27. The van der Waals surface area contributed by atoms with E-state index >= 15 is 0 Å². The zero-order chi connectivity index (χ0) is 9.68. The summed E-state index contributed by atoms with van der Waals surface area (Å²) in [5.41, 5.74) is 0. The first kappa shape index (κ1) is 9.58. The van der Waals surface area contributed by atoms with Gasteiger partial charge in [0.15, 0.2) is 6.10 Å². The van der Waals surface area contributed by atoms with Crippen LogP contribution < -0.4 is 10.1 Å². The van der Waals surface area contributed by atoms with Crippen molar-refractivity contribution in [3.8, 4) is 5.75 Å². The molecule has 0 saturated heterocycles. The standard InChI is InChI=1S/C10H13NO2/c1-8(10(12)11-2)13-9-6-4-3-5-7-9/h3-8H,1-2H3,(H,11,12). The molecule has 0 heterocycles. The van der Waals surface area contributed by atoms with Gasteiger partial charge in [-0.3, -0.25) is 4.79 Å². The third-order valence-electron chi connectivity index (χ3n) is 1.67. The van der Waals surface area contributed by atoms with E-state index in [2.05, 4.69) is 5.32 Å². The van der Waals surface area contributed by atoms with E-state index in [-0.39, 0.29) is 5.91 Å². The molecule has 1 aromatic rings. The van der Waals surface area contributed by atoms with Crippen LogP contribution in [-0.4, -0.2) is 19.1 Å². The molecule has 0 bridgehead atoms. The number of likely N-dealkylation sites (N-methyl/N-ethyl adjacent to an activating group) is 1. The number of nitrogens with one attached hydrogen (secondary N) is 1. The van der Waals surface area contributed by atoms with Gasteiger partial charge in [-0.25, -0.2) is 0 Å². The van der Waals surface area contributed by atoms with Crippen LogP contribution in [0.25, 0.3) is 0 Å². The Balaban J connectivity index is 2.55. The largest absolute Gasteiger partial charge is 0.481 e. The average molecular weight is 179 g/mol. The minimum Gasteiger partial charge on any atom is -0.481 e. The van der Waals surface area contributed by atoms with Crippen LogP contribution in [0, 0.1) is 0 Å². The summed E-state index contributed by atoms with van der Waals surface area (Å²) in [5.74, 6) is 0.586. The van der Waals surface area contributed by atoms with Crippen molar-refractivity contribution in [3.05, 3.63) is 30.3 Å². The van der Waals surface area contributed by atoms with Gasteiger partial charge in [-0.2, -0.15) is 0 Å². The van der Waals surface area contributed by atoms with Crippen molar-refractivity contribution in [1.82, 2.24) is 5.32 Å². The zero-order valence-electron chi connectivity index (χ0n) is 7.78. The van der Waals surface area contributed by atoms with Gasteiger partial charge in [-0.1, -0.05) is 18.2 Å². The number of hydrogen-bond donors (Lipinski definition) is 1. The number of ether oxygens (including phenoxy) is 1. The van der Waals surface area contributed by atoms with Crippen molar-refractivity contribution in [1.29, 1.82) is 0 Å². The Morgan fingerprint density at radius 2 is 2.00 bits per heavy atom. The third-order valence-corrected chi connectivity index (χ3v) is 1.67. The molecule has 70 valence electrons. The number of rotatable bonds is 3. The third kappa shape index (κ3) is 2.78. The highest BCUT2D eigenvalue weighted by atomic mass is 16.5. The first-order valence-electron chi connectivity index (χ1n) is 4.17. The summed E-state index contributed by atoms with van der Waals surface area (Å²) >= 11 is 0. The topological polar surface area (TPSA) is 38.3 Å². The van der Waals surface area contributed by atoms with Gasteiger partial charge in [0.1, 0.15) is 5.75 Å². The summed E-state index contributed by atoms with van der Waals surface area (Å²) in [6.07, 6.45) is -0.451. The molecular formula is C10H13NO2. The predicted octanol–water partition coefficient (Wildman–Crippen LogP) is 1.20. The van der Waals surface area contributed by atoms with Crippen LogP contribution in [0.3, 0.4) is 0 Å². The van der Waals surface area contributed by atoms with E-state index in [0.717, 1.165) is 0 Å². The zero-order valence-corrected chi connectivity index (χ0v) is 7.78. The molecule has 1 amide bonds. The second-order valence-electron chi connectivity index (χ2n) is 2.69. The molecule has 0 aromatic heterocycles. The number of benzene rings is 1. The second kappa shape index (κ2) is 4.50. The Morgan fingerprint density at radius 1 is 1.38 bits per heavy atom. The number of carbonyl (C=O) groups excluding carboxylic acids is 1. The minimum atomic E-state index is -0.451. The van der Waals surface area contributed by atoms with E-state index in [9.17, 15) is 4.79 Å². The van der Waals surface area contributed by atoms with E-state index in [4.69, 9.17) is 4.74 Å². The van der Waals surface area contributed by atoms with E-state index in [1.165, 1.54) is 0 Å². The summed E-state index contributed by atoms with van der Waals surface area (Å²) in [6.45, 7) is 1.71. The van der Waals surface area contributed by atoms with Crippen LogP contribution in [0.1, 0.15) is 6.92 Å². The molecule has 0 fully saturated rings. The van der Waals surface area contributed by atoms with Gasteiger partial charge in [0.05, 0.1) is 0 Å². The Morgan fingerprint density at radius 3 is 2.54 bits per heavy atom. The molecule has 1 atom stereocenters. The fourth-order valence-corrected chi connectivity index (χ4v) is 0.960. The van der Waals surface area contributed by atoms with Gasteiger partial charge < -0.3 is 10.1 Å². The summed E-state index contributed by atoms with van der Waals surface area (Å²) in [7, 11) is 1.59. The van der Waals surface area contributed by atoms with E-state index in [0.29, 0.717) is 5.75 Å². The number of amides is 1. The van der Waals surface area contributed by atoms with Gasteiger partial charge in [-0.05, 0) is 19.1 Å². The molecule has 3 nitrogen and oxygen atoms in total. The maximum Gasteiger partial charge on any atom is 0.260 e. The monoisotopic (exact) mass is 179 g/mol. The lowest BCUT2D eigenvalue weighted by atomic mass is 10.3. The Kier molecular flexibility index (Phi) is 3.31. The highest BCUT2D eigenvalue weighted by Gasteiger charge is 2.11. The van der Waals surface area contributed by atoms with Crippen LogP contribution in [0.5, 0.6) is 5.75 Å². The molecule has 13 heavy (non-hydrogen) atoms. The second-order valence-corrected chi connectivity index (χ2v) is 2.69. The molecule has 1 rings (SSSR count). The molecule has 0 aliphatic carbocycles. The maximum atomic E-state index is 11.1. The van der Waals surface area contributed by atoms with Gasteiger partial charge >= 0.3 is 0 Å². The molecule has 0 spiro atoms. The first-order chi connectivity index (χ1) is 6.24.